The summed E-state index contributed by atoms with van der Waals surface area (Å²) in [5, 5.41) is 11.7. The molecule has 0 unspecified atom stereocenters. The zero-order chi connectivity index (χ0) is 15.0. The predicted molar refractivity (Wildman–Crippen MR) is 65.6 cm³/mol. The van der Waals surface area contributed by atoms with Gasteiger partial charge in [-0.15, -0.1) is 8.78 Å². The maximum absolute atomic E-state index is 12.9. The van der Waals surface area contributed by atoms with Crippen molar-refractivity contribution in [3.63, 3.8) is 0 Å². The number of nitrogens with one attached hydrogen (secondary N) is 1. The number of ether oxygens (including phenoxy) is 2. The Hall–Kier alpha value is -2.77. The summed E-state index contributed by atoms with van der Waals surface area (Å²) >= 11 is 0. The van der Waals surface area contributed by atoms with Gasteiger partial charge in [0, 0.05) is 11.8 Å². The summed E-state index contributed by atoms with van der Waals surface area (Å²) in [4.78, 5) is 10.7. The molecule has 8 heteroatoms. The molecule has 1 aliphatic rings. The second-order valence-electron chi connectivity index (χ2n) is 4.29. The first-order chi connectivity index (χ1) is 9.93. The van der Waals surface area contributed by atoms with Crippen molar-refractivity contribution in [1.82, 2.24) is 0 Å². The standard InChI is InChI=1S/C13H9F2NO5/c14-13(15)20-10-2-1-8(4-11(10)21-13)16-5-9-3-7(6-19-9)12(17)18/h1-4,6,16H,5H2,(H,17,18). The molecule has 21 heavy (non-hydrogen) atoms. The molecule has 0 saturated carbocycles. The van der Waals surface area contributed by atoms with Gasteiger partial charge in [0.05, 0.1) is 12.1 Å². The number of anilines is 1. The average molecular weight is 297 g/mol. The highest BCUT2D eigenvalue weighted by molar-refractivity contribution is 5.87. The van der Waals surface area contributed by atoms with Gasteiger partial charge < -0.3 is 24.3 Å². The van der Waals surface area contributed by atoms with Crippen LogP contribution in [-0.4, -0.2) is 17.4 Å². The highest BCUT2D eigenvalue weighted by Gasteiger charge is 2.43. The van der Waals surface area contributed by atoms with E-state index in [2.05, 4.69) is 14.8 Å². The number of hydrogen-bond acceptors (Lipinski definition) is 5. The summed E-state index contributed by atoms with van der Waals surface area (Å²) in [6.45, 7) is 0.198. The molecule has 1 aliphatic heterocycles. The van der Waals surface area contributed by atoms with Gasteiger partial charge in [-0.1, -0.05) is 0 Å². The molecule has 0 amide bonds. The van der Waals surface area contributed by atoms with E-state index in [1.54, 1.807) is 0 Å². The molecule has 0 atom stereocenters. The number of rotatable bonds is 4. The minimum Gasteiger partial charge on any atom is -0.478 e. The number of carboxylic acid groups (broad SMARTS) is 1. The van der Waals surface area contributed by atoms with E-state index in [0.717, 1.165) is 6.26 Å². The van der Waals surface area contributed by atoms with E-state index in [-0.39, 0.29) is 23.6 Å². The molecule has 6 nitrogen and oxygen atoms in total. The van der Waals surface area contributed by atoms with Crippen molar-refractivity contribution >= 4 is 11.7 Å². The number of furan rings is 1. The molecular formula is C13H9F2NO5. The first-order valence-corrected chi connectivity index (χ1v) is 5.87. The van der Waals surface area contributed by atoms with E-state index < -0.39 is 12.3 Å². The highest BCUT2D eigenvalue weighted by atomic mass is 19.3. The Bertz CT molecular complexity index is 698. The molecule has 1 aromatic carbocycles. The van der Waals surface area contributed by atoms with Crippen molar-refractivity contribution in [2.45, 2.75) is 12.8 Å². The van der Waals surface area contributed by atoms with Crippen molar-refractivity contribution in [2.75, 3.05) is 5.32 Å². The quantitative estimate of drug-likeness (QED) is 0.903. The lowest BCUT2D eigenvalue weighted by Crippen LogP contribution is -2.25. The molecule has 3 rings (SSSR count). The number of carboxylic acids is 1. The molecule has 0 aliphatic carbocycles. The fourth-order valence-corrected chi connectivity index (χ4v) is 1.83. The summed E-state index contributed by atoms with van der Waals surface area (Å²) in [6, 6.07) is 5.61. The number of alkyl halides is 2. The Morgan fingerprint density at radius 2 is 2.00 bits per heavy atom. The summed E-state index contributed by atoms with van der Waals surface area (Å²) < 4.78 is 39.4. The van der Waals surface area contributed by atoms with Gasteiger partial charge in [-0.05, 0) is 18.2 Å². The van der Waals surface area contributed by atoms with E-state index in [1.165, 1.54) is 24.3 Å². The van der Waals surface area contributed by atoms with Crippen LogP contribution < -0.4 is 14.8 Å². The van der Waals surface area contributed by atoms with Crippen LogP contribution in [0.4, 0.5) is 14.5 Å². The van der Waals surface area contributed by atoms with Crippen LogP contribution in [0.5, 0.6) is 11.5 Å². The minimum atomic E-state index is -3.65. The Balaban J connectivity index is 1.68. The average Bonchev–Trinajstić information content (AvgIpc) is 2.98. The lowest BCUT2D eigenvalue weighted by molar-refractivity contribution is -0.286. The maximum atomic E-state index is 12.9. The Labute approximate surface area is 116 Å². The Kier molecular flexibility index (Phi) is 2.93. The smallest absolute Gasteiger partial charge is 0.478 e. The van der Waals surface area contributed by atoms with Gasteiger partial charge in [0.1, 0.15) is 12.0 Å². The monoisotopic (exact) mass is 297 g/mol. The number of carbonyl (C=O) groups is 1. The fraction of sp³-hybridized carbons (Fsp3) is 0.154. The molecule has 0 bridgehead atoms. The van der Waals surface area contributed by atoms with Crippen molar-refractivity contribution < 1.29 is 32.6 Å². The van der Waals surface area contributed by atoms with E-state index in [4.69, 9.17) is 9.52 Å². The lowest BCUT2D eigenvalue weighted by Gasteiger charge is -2.05. The fourth-order valence-electron chi connectivity index (χ4n) is 1.83. The van der Waals surface area contributed by atoms with Crippen molar-refractivity contribution in [3.8, 4) is 11.5 Å². The summed E-state index contributed by atoms with van der Waals surface area (Å²) in [5.41, 5.74) is 0.542. The summed E-state index contributed by atoms with van der Waals surface area (Å²) in [5.74, 6) is -0.807. The van der Waals surface area contributed by atoms with Crippen LogP contribution in [0.2, 0.25) is 0 Å². The van der Waals surface area contributed by atoms with Gasteiger partial charge in [-0.3, -0.25) is 0 Å². The molecule has 0 radical (unpaired) electrons. The SMILES string of the molecule is O=C(O)c1coc(CNc2ccc3c(c2)OC(F)(F)O3)c1. The molecule has 0 saturated heterocycles. The highest BCUT2D eigenvalue weighted by Crippen LogP contribution is 2.42. The zero-order valence-electron chi connectivity index (χ0n) is 10.4. The normalized spacial score (nSPS) is 15.0. The van der Waals surface area contributed by atoms with Crippen LogP contribution in [0.3, 0.4) is 0 Å². The van der Waals surface area contributed by atoms with Crippen LogP contribution in [0.15, 0.2) is 34.9 Å². The Morgan fingerprint density at radius 1 is 1.24 bits per heavy atom. The second-order valence-corrected chi connectivity index (χ2v) is 4.29. The van der Waals surface area contributed by atoms with Gasteiger partial charge in [0.25, 0.3) is 0 Å². The van der Waals surface area contributed by atoms with Crippen LogP contribution in [0.1, 0.15) is 16.1 Å². The van der Waals surface area contributed by atoms with Gasteiger partial charge in [-0.25, -0.2) is 4.79 Å². The largest absolute Gasteiger partial charge is 0.586 e. The summed E-state index contributed by atoms with van der Waals surface area (Å²) in [7, 11) is 0. The number of fused-ring (bicyclic) bond motifs is 1. The maximum Gasteiger partial charge on any atom is 0.586 e. The third-order valence-electron chi connectivity index (χ3n) is 2.77. The van der Waals surface area contributed by atoms with Crippen molar-refractivity contribution in [2.24, 2.45) is 0 Å². The van der Waals surface area contributed by atoms with E-state index in [9.17, 15) is 13.6 Å². The zero-order valence-corrected chi connectivity index (χ0v) is 10.4. The first kappa shape index (κ1) is 13.2. The van der Waals surface area contributed by atoms with Gasteiger partial charge in [0.2, 0.25) is 0 Å². The molecule has 1 aromatic heterocycles. The number of halogens is 2. The molecular weight excluding hydrogens is 288 g/mol. The van der Waals surface area contributed by atoms with Gasteiger partial charge in [-0.2, -0.15) is 0 Å². The lowest BCUT2D eigenvalue weighted by atomic mass is 10.2. The van der Waals surface area contributed by atoms with Crippen LogP contribution >= 0.6 is 0 Å². The van der Waals surface area contributed by atoms with Crippen molar-refractivity contribution in [3.05, 3.63) is 41.9 Å². The summed E-state index contributed by atoms with van der Waals surface area (Å²) in [6.07, 6.45) is -2.53. The molecule has 2 N–H and O–H groups in total. The molecule has 110 valence electrons. The number of benzene rings is 1. The van der Waals surface area contributed by atoms with E-state index >= 15 is 0 Å². The predicted octanol–water partition coefficient (Wildman–Crippen LogP) is 2.91. The van der Waals surface area contributed by atoms with Gasteiger partial charge >= 0.3 is 12.3 Å². The molecule has 0 spiro atoms. The Morgan fingerprint density at radius 3 is 2.71 bits per heavy atom. The van der Waals surface area contributed by atoms with E-state index in [1.807, 2.05) is 0 Å². The number of aromatic carboxylic acids is 1. The second kappa shape index (κ2) is 4.65. The molecule has 2 aromatic rings. The van der Waals surface area contributed by atoms with E-state index in [0.29, 0.717) is 11.4 Å². The third kappa shape index (κ3) is 2.73. The van der Waals surface area contributed by atoms with Crippen LogP contribution in [-0.2, 0) is 6.54 Å². The topological polar surface area (TPSA) is 80.9 Å². The van der Waals surface area contributed by atoms with Gasteiger partial charge in [0.15, 0.2) is 11.5 Å². The minimum absolute atomic E-state index is 0.0390. The van der Waals surface area contributed by atoms with Crippen molar-refractivity contribution in [1.29, 1.82) is 0 Å². The molecule has 0 fully saturated rings. The van der Waals surface area contributed by atoms with Crippen LogP contribution in [0.25, 0.3) is 0 Å². The van der Waals surface area contributed by atoms with Crippen LogP contribution in [0, 0.1) is 0 Å². The third-order valence-corrected chi connectivity index (χ3v) is 2.77. The first-order valence-electron chi connectivity index (χ1n) is 5.87. The molecule has 2 heterocycles. The number of hydrogen-bond donors (Lipinski definition) is 2.